The number of hydrogen-bond acceptors (Lipinski definition) is 2. The smallest absolute Gasteiger partial charge is 0.448 e. The van der Waals surface area contributed by atoms with Crippen LogP contribution in [0.5, 0.6) is 0 Å². The van der Waals surface area contributed by atoms with Crippen LogP contribution in [0, 0.1) is 0 Å². The number of carbonyl (C=O) groups excluding carboxylic acids is 1. The molecule has 3 nitrogen and oxygen atoms in total. The maximum Gasteiger partial charge on any atom is 0.492 e. The van der Waals surface area contributed by atoms with Gasteiger partial charge in [0.2, 0.25) is 5.91 Å². The lowest BCUT2D eigenvalue weighted by Crippen LogP contribution is -2.41. The van der Waals surface area contributed by atoms with Gasteiger partial charge in [-0.1, -0.05) is 0 Å². The molecule has 0 spiro atoms. The number of nitrogens with one attached hydrogen (secondary N) is 1. The first kappa shape index (κ1) is 10.4. The average Bonchev–Trinajstić information content (AvgIpc) is 2.10. The lowest BCUT2D eigenvalue weighted by atomic mass is 9.91. The molecule has 0 aromatic carbocycles. The molecule has 1 rings (SSSR count). The summed E-state index contributed by atoms with van der Waals surface area (Å²) in [5, 5.41) is 2.52. The maximum absolute atomic E-state index is 12.0. The number of rotatable bonds is 2. The summed E-state index contributed by atoms with van der Waals surface area (Å²) in [6.45, 7) is -4.15. The largest absolute Gasteiger partial charge is 0.492 e. The highest BCUT2D eigenvalue weighted by Crippen LogP contribution is 2.11. The van der Waals surface area contributed by atoms with Crippen LogP contribution in [0.1, 0.15) is 6.42 Å². The minimum atomic E-state index is -4.82. The predicted octanol–water partition coefficient (Wildman–Crippen LogP) is 0.195. The van der Waals surface area contributed by atoms with Gasteiger partial charge in [0, 0.05) is 6.54 Å². The van der Waals surface area contributed by atoms with Crippen molar-refractivity contribution in [2.24, 2.45) is 0 Å². The van der Waals surface area contributed by atoms with Gasteiger partial charge >= 0.3 is 6.98 Å². The number of amides is 1. The molecule has 0 bridgehead atoms. The second kappa shape index (κ2) is 4.00. The Labute approximate surface area is 74.3 Å². The highest BCUT2D eigenvalue weighted by Gasteiger charge is 2.27. The van der Waals surface area contributed by atoms with E-state index in [0.717, 1.165) is 4.90 Å². The molecule has 1 fully saturated rings. The van der Waals surface area contributed by atoms with E-state index in [0.29, 0.717) is 19.5 Å². The van der Waals surface area contributed by atoms with E-state index in [1.807, 2.05) is 0 Å². The molecule has 0 unspecified atom stereocenters. The van der Waals surface area contributed by atoms with Gasteiger partial charge in [0.25, 0.3) is 0 Å². The van der Waals surface area contributed by atoms with Crippen LogP contribution in [0.2, 0.25) is 0 Å². The Morgan fingerprint density at radius 2 is 2.15 bits per heavy atom. The minimum absolute atomic E-state index is 0.138. The lowest BCUT2D eigenvalue weighted by molar-refractivity contribution is -0.121. The summed E-state index contributed by atoms with van der Waals surface area (Å²) in [5.74, 6) is -0.322. The van der Waals surface area contributed by atoms with Crippen LogP contribution in [0.25, 0.3) is 0 Å². The van der Waals surface area contributed by atoms with E-state index in [9.17, 15) is 17.7 Å². The number of nitrogens with zero attached hydrogens (tertiary/aromatic N) is 1. The van der Waals surface area contributed by atoms with Crippen molar-refractivity contribution < 1.29 is 17.7 Å². The molecule has 0 radical (unpaired) electrons. The monoisotopic (exact) mass is 195 g/mol. The summed E-state index contributed by atoms with van der Waals surface area (Å²) in [4.78, 5) is 12.0. The molecule has 1 heterocycles. The Kier molecular flexibility index (Phi) is 3.19. The highest BCUT2D eigenvalue weighted by atomic mass is 19.4. The first-order chi connectivity index (χ1) is 5.97. The van der Waals surface area contributed by atoms with Gasteiger partial charge in [0.1, 0.15) is 0 Å². The van der Waals surface area contributed by atoms with E-state index in [-0.39, 0.29) is 12.5 Å². The fraction of sp³-hybridized carbons (Fsp3) is 0.833. The normalized spacial score (nSPS) is 21.0. The topological polar surface area (TPSA) is 32.3 Å². The molecular weight excluding hydrogens is 184 g/mol. The molecule has 1 amide bonds. The Hall–Kier alpha value is -0.715. The van der Waals surface area contributed by atoms with Crippen molar-refractivity contribution in [2.75, 3.05) is 26.1 Å². The SMILES string of the molecule is O=C1CN(C[B-](F)(F)F)CCCN1. The van der Waals surface area contributed by atoms with Gasteiger partial charge in [-0.3, -0.25) is 4.79 Å². The van der Waals surface area contributed by atoms with Gasteiger partial charge in [-0.25, -0.2) is 0 Å². The van der Waals surface area contributed by atoms with E-state index in [2.05, 4.69) is 5.32 Å². The molecule has 0 atom stereocenters. The quantitative estimate of drug-likeness (QED) is 0.638. The minimum Gasteiger partial charge on any atom is -0.448 e. The Balaban J connectivity index is 2.44. The summed E-state index contributed by atoms with van der Waals surface area (Å²) in [6, 6.07) is 0. The third-order valence-corrected chi connectivity index (χ3v) is 1.81. The molecular formula is C6H11BF3N2O-. The molecule has 76 valence electrons. The van der Waals surface area contributed by atoms with Gasteiger partial charge in [0.05, 0.1) is 6.54 Å². The lowest BCUT2D eigenvalue weighted by Gasteiger charge is -2.24. The second-order valence-electron chi connectivity index (χ2n) is 3.15. The molecule has 1 saturated heterocycles. The van der Waals surface area contributed by atoms with Gasteiger partial charge in [0.15, 0.2) is 0 Å². The standard InChI is InChI=1S/C6H11BF3N2O/c8-7(9,10)5-12-3-1-2-11-6(13)4-12/h1-5H2,(H,11,13)/q-1. The van der Waals surface area contributed by atoms with Gasteiger partial charge in [-0.05, 0) is 19.4 Å². The van der Waals surface area contributed by atoms with Gasteiger partial charge < -0.3 is 23.2 Å². The summed E-state index contributed by atoms with van der Waals surface area (Å²) in [6.07, 6.45) is -0.356. The fourth-order valence-electron chi connectivity index (χ4n) is 1.32. The molecule has 0 aliphatic carbocycles. The third-order valence-electron chi connectivity index (χ3n) is 1.81. The summed E-state index contributed by atoms with van der Waals surface area (Å²) < 4.78 is 36.0. The van der Waals surface area contributed by atoms with Crippen molar-refractivity contribution in [3.05, 3.63) is 0 Å². The summed E-state index contributed by atoms with van der Waals surface area (Å²) in [5.41, 5.74) is 0. The molecule has 0 saturated carbocycles. The molecule has 7 heteroatoms. The van der Waals surface area contributed by atoms with Crippen LogP contribution in [-0.4, -0.2) is 43.9 Å². The van der Waals surface area contributed by atoms with Crippen molar-refractivity contribution in [2.45, 2.75) is 6.42 Å². The van der Waals surface area contributed by atoms with Crippen molar-refractivity contribution in [3.8, 4) is 0 Å². The Morgan fingerprint density at radius 3 is 2.77 bits per heavy atom. The van der Waals surface area contributed by atoms with Crippen LogP contribution in [0.3, 0.4) is 0 Å². The number of carbonyl (C=O) groups is 1. The Bertz CT molecular complexity index is 197. The number of halogens is 3. The van der Waals surface area contributed by atoms with Crippen molar-refractivity contribution >= 4 is 12.9 Å². The van der Waals surface area contributed by atoms with Crippen molar-refractivity contribution in [1.29, 1.82) is 0 Å². The molecule has 1 aliphatic heterocycles. The predicted molar refractivity (Wildman–Crippen MR) is 43.1 cm³/mol. The van der Waals surface area contributed by atoms with Gasteiger partial charge in [-0.15, -0.1) is 0 Å². The van der Waals surface area contributed by atoms with E-state index in [1.165, 1.54) is 0 Å². The fourth-order valence-corrected chi connectivity index (χ4v) is 1.32. The van der Waals surface area contributed by atoms with Crippen LogP contribution >= 0.6 is 0 Å². The van der Waals surface area contributed by atoms with Crippen LogP contribution in [-0.2, 0) is 4.79 Å². The van der Waals surface area contributed by atoms with E-state index >= 15 is 0 Å². The first-order valence-electron chi connectivity index (χ1n) is 4.17. The first-order valence-corrected chi connectivity index (χ1v) is 4.17. The molecule has 1 N–H and O–H groups in total. The molecule has 0 aromatic heterocycles. The Morgan fingerprint density at radius 1 is 1.46 bits per heavy atom. The van der Waals surface area contributed by atoms with Crippen molar-refractivity contribution in [1.82, 2.24) is 10.2 Å². The van der Waals surface area contributed by atoms with E-state index in [1.54, 1.807) is 0 Å². The zero-order valence-corrected chi connectivity index (χ0v) is 7.10. The molecule has 0 aromatic rings. The maximum atomic E-state index is 12.0. The third kappa shape index (κ3) is 4.16. The molecule has 13 heavy (non-hydrogen) atoms. The summed E-state index contributed by atoms with van der Waals surface area (Å²) >= 11 is 0. The van der Waals surface area contributed by atoms with Crippen LogP contribution in [0.4, 0.5) is 12.9 Å². The number of hydrogen-bond donors (Lipinski definition) is 1. The zero-order chi connectivity index (χ0) is 9.90. The second-order valence-corrected chi connectivity index (χ2v) is 3.15. The van der Waals surface area contributed by atoms with Crippen LogP contribution < -0.4 is 5.32 Å². The summed E-state index contributed by atoms with van der Waals surface area (Å²) in [7, 11) is 0. The van der Waals surface area contributed by atoms with Gasteiger partial charge in [-0.2, -0.15) is 0 Å². The van der Waals surface area contributed by atoms with E-state index < -0.39 is 13.4 Å². The van der Waals surface area contributed by atoms with E-state index in [4.69, 9.17) is 0 Å². The molecule has 1 aliphatic rings. The highest BCUT2D eigenvalue weighted by molar-refractivity contribution is 6.58. The van der Waals surface area contributed by atoms with Crippen molar-refractivity contribution in [3.63, 3.8) is 0 Å². The zero-order valence-electron chi connectivity index (χ0n) is 7.10. The average molecular weight is 195 g/mol. The van der Waals surface area contributed by atoms with Crippen LogP contribution in [0.15, 0.2) is 0 Å².